The summed E-state index contributed by atoms with van der Waals surface area (Å²) in [4.78, 5) is 16.1. The summed E-state index contributed by atoms with van der Waals surface area (Å²) in [6.45, 7) is 0.226. The van der Waals surface area contributed by atoms with Gasteiger partial charge in [-0.3, -0.25) is 4.79 Å². The zero-order valence-electron chi connectivity index (χ0n) is 12.6. The molecule has 0 bridgehead atoms. The van der Waals surface area contributed by atoms with Crippen molar-refractivity contribution in [3.05, 3.63) is 77.8 Å². The SMILES string of the molecule is O=C(NCCc1ccccc1F)c1ncoc1-c1ccccc1F. The van der Waals surface area contributed by atoms with E-state index in [-0.39, 0.29) is 29.4 Å². The summed E-state index contributed by atoms with van der Waals surface area (Å²) < 4.78 is 32.6. The number of benzene rings is 2. The predicted octanol–water partition coefficient (Wildman–Crippen LogP) is 3.59. The van der Waals surface area contributed by atoms with Crippen LogP contribution < -0.4 is 5.32 Å². The van der Waals surface area contributed by atoms with Crippen molar-refractivity contribution >= 4 is 5.91 Å². The van der Waals surface area contributed by atoms with Gasteiger partial charge in [-0.2, -0.15) is 0 Å². The number of rotatable bonds is 5. The van der Waals surface area contributed by atoms with E-state index < -0.39 is 11.7 Å². The van der Waals surface area contributed by atoms with Crippen LogP contribution in [0, 0.1) is 11.6 Å². The van der Waals surface area contributed by atoms with E-state index in [1.165, 1.54) is 18.2 Å². The molecule has 1 heterocycles. The highest BCUT2D eigenvalue weighted by atomic mass is 19.1. The zero-order chi connectivity index (χ0) is 16.9. The van der Waals surface area contributed by atoms with Gasteiger partial charge in [-0.25, -0.2) is 13.8 Å². The van der Waals surface area contributed by atoms with Gasteiger partial charge in [0.2, 0.25) is 0 Å². The second-order valence-corrected chi connectivity index (χ2v) is 5.11. The van der Waals surface area contributed by atoms with Crippen molar-refractivity contribution in [2.75, 3.05) is 6.54 Å². The molecule has 1 amide bonds. The maximum absolute atomic E-state index is 13.9. The summed E-state index contributed by atoms with van der Waals surface area (Å²) in [5, 5.41) is 2.64. The lowest BCUT2D eigenvalue weighted by Gasteiger charge is -2.06. The van der Waals surface area contributed by atoms with Crippen LogP contribution in [0.2, 0.25) is 0 Å². The fraction of sp³-hybridized carbons (Fsp3) is 0.111. The van der Waals surface area contributed by atoms with Gasteiger partial charge in [-0.1, -0.05) is 30.3 Å². The molecule has 4 nitrogen and oxygen atoms in total. The molecule has 122 valence electrons. The maximum atomic E-state index is 13.9. The van der Waals surface area contributed by atoms with Crippen LogP contribution in [-0.4, -0.2) is 17.4 Å². The lowest BCUT2D eigenvalue weighted by molar-refractivity contribution is 0.0950. The van der Waals surface area contributed by atoms with Crippen LogP contribution in [-0.2, 0) is 6.42 Å². The summed E-state index contributed by atoms with van der Waals surface area (Å²) in [5.74, 6) is -1.26. The third-order valence-corrected chi connectivity index (χ3v) is 3.54. The minimum atomic E-state index is -0.505. The quantitative estimate of drug-likeness (QED) is 0.779. The highest BCUT2D eigenvalue weighted by Gasteiger charge is 2.20. The Morgan fingerprint density at radius 2 is 1.75 bits per heavy atom. The Kier molecular flexibility index (Phi) is 4.65. The first-order valence-corrected chi connectivity index (χ1v) is 7.37. The summed E-state index contributed by atoms with van der Waals surface area (Å²) in [7, 11) is 0. The van der Waals surface area contributed by atoms with E-state index in [1.54, 1.807) is 30.3 Å². The van der Waals surface area contributed by atoms with Gasteiger partial charge >= 0.3 is 0 Å². The smallest absolute Gasteiger partial charge is 0.273 e. The number of nitrogens with zero attached hydrogens (tertiary/aromatic N) is 1. The van der Waals surface area contributed by atoms with E-state index in [1.807, 2.05) is 0 Å². The summed E-state index contributed by atoms with van der Waals surface area (Å²) >= 11 is 0. The van der Waals surface area contributed by atoms with E-state index in [0.717, 1.165) is 6.39 Å². The third-order valence-electron chi connectivity index (χ3n) is 3.54. The van der Waals surface area contributed by atoms with Crippen molar-refractivity contribution in [1.82, 2.24) is 10.3 Å². The number of hydrogen-bond acceptors (Lipinski definition) is 3. The molecule has 0 unspecified atom stereocenters. The average Bonchev–Trinajstić information content (AvgIpc) is 3.06. The van der Waals surface area contributed by atoms with Crippen molar-refractivity contribution in [3.63, 3.8) is 0 Å². The monoisotopic (exact) mass is 328 g/mol. The molecular formula is C18H14F2N2O2. The Morgan fingerprint density at radius 1 is 1.04 bits per heavy atom. The summed E-state index contributed by atoms with van der Waals surface area (Å²) in [5.41, 5.74) is 0.662. The van der Waals surface area contributed by atoms with Crippen molar-refractivity contribution in [3.8, 4) is 11.3 Å². The van der Waals surface area contributed by atoms with Gasteiger partial charge in [-0.05, 0) is 30.2 Å². The lowest BCUT2D eigenvalue weighted by Crippen LogP contribution is -2.26. The molecule has 0 aliphatic heterocycles. The van der Waals surface area contributed by atoms with Crippen LogP contribution in [0.1, 0.15) is 16.1 Å². The van der Waals surface area contributed by atoms with Gasteiger partial charge in [0, 0.05) is 6.54 Å². The Labute approximate surface area is 137 Å². The highest BCUT2D eigenvalue weighted by Crippen LogP contribution is 2.25. The topological polar surface area (TPSA) is 55.1 Å². The van der Waals surface area contributed by atoms with Crippen molar-refractivity contribution in [2.24, 2.45) is 0 Å². The molecule has 0 atom stereocenters. The first-order chi connectivity index (χ1) is 11.7. The predicted molar refractivity (Wildman–Crippen MR) is 84.3 cm³/mol. The molecule has 0 fully saturated rings. The largest absolute Gasteiger partial charge is 0.443 e. The molecule has 0 aliphatic rings. The number of carbonyl (C=O) groups is 1. The van der Waals surface area contributed by atoms with Crippen molar-refractivity contribution in [2.45, 2.75) is 6.42 Å². The Morgan fingerprint density at radius 3 is 2.50 bits per heavy atom. The van der Waals surface area contributed by atoms with Crippen molar-refractivity contribution in [1.29, 1.82) is 0 Å². The molecule has 3 aromatic rings. The summed E-state index contributed by atoms with van der Waals surface area (Å²) in [6, 6.07) is 12.3. The molecule has 3 rings (SSSR count). The minimum absolute atomic E-state index is 0.00589. The van der Waals surface area contributed by atoms with Crippen LogP contribution >= 0.6 is 0 Å². The molecule has 0 saturated heterocycles. The highest BCUT2D eigenvalue weighted by molar-refractivity contribution is 5.97. The maximum Gasteiger partial charge on any atom is 0.273 e. The van der Waals surface area contributed by atoms with Crippen LogP contribution in [0.3, 0.4) is 0 Å². The minimum Gasteiger partial charge on any atom is -0.443 e. The molecule has 6 heteroatoms. The first kappa shape index (κ1) is 15.9. The van der Waals surface area contributed by atoms with E-state index >= 15 is 0 Å². The molecule has 1 aromatic heterocycles. The second kappa shape index (κ2) is 7.04. The van der Waals surface area contributed by atoms with Crippen LogP contribution in [0.4, 0.5) is 8.78 Å². The van der Waals surface area contributed by atoms with Gasteiger partial charge in [0.05, 0.1) is 5.56 Å². The Hall–Kier alpha value is -3.02. The van der Waals surface area contributed by atoms with Gasteiger partial charge in [-0.15, -0.1) is 0 Å². The summed E-state index contributed by atoms with van der Waals surface area (Å²) in [6.07, 6.45) is 1.43. The van der Waals surface area contributed by atoms with Gasteiger partial charge in [0.25, 0.3) is 5.91 Å². The number of nitrogens with one attached hydrogen (secondary N) is 1. The fourth-order valence-electron chi connectivity index (χ4n) is 2.34. The van der Waals surface area contributed by atoms with Gasteiger partial charge < -0.3 is 9.73 Å². The van der Waals surface area contributed by atoms with E-state index in [9.17, 15) is 13.6 Å². The lowest BCUT2D eigenvalue weighted by atomic mass is 10.1. The molecule has 0 radical (unpaired) electrons. The molecular weight excluding hydrogens is 314 g/mol. The Balaban J connectivity index is 1.70. The third kappa shape index (κ3) is 3.32. The molecule has 1 N–H and O–H groups in total. The number of carbonyl (C=O) groups excluding carboxylic acids is 1. The van der Waals surface area contributed by atoms with E-state index in [2.05, 4.69) is 10.3 Å². The van der Waals surface area contributed by atoms with Crippen LogP contribution in [0.5, 0.6) is 0 Å². The molecule has 24 heavy (non-hydrogen) atoms. The second-order valence-electron chi connectivity index (χ2n) is 5.11. The van der Waals surface area contributed by atoms with Crippen LogP contribution in [0.25, 0.3) is 11.3 Å². The number of aromatic nitrogens is 1. The van der Waals surface area contributed by atoms with Gasteiger partial charge in [0.15, 0.2) is 17.8 Å². The van der Waals surface area contributed by atoms with Crippen LogP contribution in [0.15, 0.2) is 59.3 Å². The molecule has 0 spiro atoms. The molecule has 0 aliphatic carbocycles. The number of hydrogen-bond donors (Lipinski definition) is 1. The van der Waals surface area contributed by atoms with E-state index in [4.69, 9.17) is 4.42 Å². The number of amides is 1. The zero-order valence-corrected chi connectivity index (χ0v) is 12.6. The standard InChI is InChI=1S/C18H14F2N2O2/c19-14-7-3-1-5-12(14)9-10-21-18(23)16-17(24-11-22-16)13-6-2-4-8-15(13)20/h1-8,11H,9-10H2,(H,21,23). The normalized spacial score (nSPS) is 10.6. The molecule has 0 saturated carbocycles. The number of halogens is 2. The average molecular weight is 328 g/mol. The first-order valence-electron chi connectivity index (χ1n) is 7.37. The Bertz CT molecular complexity index is 861. The van der Waals surface area contributed by atoms with E-state index in [0.29, 0.717) is 12.0 Å². The molecule has 2 aromatic carbocycles. The van der Waals surface area contributed by atoms with Crippen molar-refractivity contribution < 1.29 is 18.0 Å². The van der Waals surface area contributed by atoms with Gasteiger partial charge in [0.1, 0.15) is 11.6 Å². The number of oxazole rings is 1. The fourth-order valence-corrected chi connectivity index (χ4v) is 2.34.